The molecule has 0 bridgehead atoms. The molecule has 0 radical (unpaired) electrons. The molecular weight excluding hydrogens is 430 g/mol. The first kappa shape index (κ1) is 22.4. The molecule has 2 aliphatic heterocycles. The van der Waals surface area contributed by atoms with Gasteiger partial charge in [-0.3, -0.25) is 14.4 Å². The molecular formula is C27H31N3O4. The molecule has 178 valence electrons. The van der Waals surface area contributed by atoms with Crippen molar-refractivity contribution in [1.29, 1.82) is 0 Å². The lowest BCUT2D eigenvalue weighted by molar-refractivity contribution is -0.136. The van der Waals surface area contributed by atoms with Crippen LogP contribution in [0.1, 0.15) is 55.2 Å². The number of anilines is 2. The van der Waals surface area contributed by atoms with E-state index >= 15 is 0 Å². The Kier molecular flexibility index (Phi) is 6.02. The first-order valence-electron chi connectivity index (χ1n) is 12.2. The smallest absolute Gasteiger partial charge is 0.313 e. The van der Waals surface area contributed by atoms with Gasteiger partial charge < -0.3 is 20.3 Å². The van der Waals surface area contributed by atoms with Gasteiger partial charge in [-0.25, -0.2) is 0 Å². The van der Waals surface area contributed by atoms with Crippen molar-refractivity contribution >= 4 is 29.1 Å². The van der Waals surface area contributed by atoms with Crippen LogP contribution in [0.4, 0.5) is 11.4 Å². The van der Waals surface area contributed by atoms with Crippen molar-refractivity contribution in [1.82, 2.24) is 5.32 Å². The van der Waals surface area contributed by atoms with Crippen molar-refractivity contribution in [2.45, 2.75) is 56.8 Å². The highest BCUT2D eigenvalue weighted by Gasteiger charge is 2.36. The highest BCUT2D eigenvalue weighted by molar-refractivity contribution is 6.39. The van der Waals surface area contributed by atoms with Crippen molar-refractivity contribution in [3.63, 3.8) is 0 Å². The normalized spacial score (nSPS) is 18.3. The second kappa shape index (κ2) is 9.12. The summed E-state index contributed by atoms with van der Waals surface area (Å²) in [6.45, 7) is 1.18. The highest BCUT2D eigenvalue weighted by Crippen LogP contribution is 2.41. The average Bonchev–Trinajstić information content (AvgIpc) is 3.35. The number of hydrogen-bond acceptors (Lipinski definition) is 4. The maximum Gasteiger partial charge on any atom is 0.313 e. The van der Waals surface area contributed by atoms with Crippen LogP contribution in [0.5, 0.6) is 5.75 Å². The molecule has 0 spiro atoms. The molecule has 7 nitrogen and oxygen atoms in total. The Morgan fingerprint density at radius 2 is 1.68 bits per heavy atom. The standard InChI is InChI=1S/C27H31N3O4/c1-34-22-9-7-20(8-10-22)27(12-2-3-13-27)17-28-25(32)26(33)29-21-15-18-5-4-14-30-23(31)11-6-19(16-21)24(18)30/h7-10,15-16H,2-6,11-14,17H2,1H3,(H,28,32)(H,29,33). The summed E-state index contributed by atoms with van der Waals surface area (Å²) in [6.07, 6.45) is 7.08. The fourth-order valence-electron chi connectivity index (χ4n) is 5.81. The van der Waals surface area contributed by atoms with E-state index in [-0.39, 0.29) is 11.3 Å². The Hall–Kier alpha value is -3.35. The van der Waals surface area contributed by atoms with Gasteiger partial charge in [0.1, 0.15) is 5.75 Å². The van der Waals surface area contributed by atoms with Crippen molar-refractivity contribution in [2.75, 3.05) is 30.4 Å². The van der Waals surface area contributed by atoms with Gasteiger partial charge in [-0.15, -0.1) is 0 Å². The molecule has 0 unspecified atom stereocenters. The molecule has 7 heteroatoms. The van der Waals surface area contributed by atoms with Gasteiger partial charge in [0.05, 0.1) is 12.8 Å². The third-order valence-electron chi connectivity index (χ3n) is 7.59. The van der Waals surface area contributed by atoms with Crippen LogP contribution in [0.2, 0.25) is 0 Å². The quantitative estimate of drug-likeness (QED) is 0.668. The molecule has 3 aliphatic rings. The molecule has 34 heavy (non-hydrogen) atoms. The van der Waals surface area contributed by atoms with Gasteiger partial charge in [0.2, 0.25) is 5.91 Å². The SMILES string of the molecule is COc1ccc(C2(CNC(=O)C(=O)Nc3cc4c5c(c3)CCC(=O)N5CCC4)CCCC2)cc1. The number of nitrogens with one attached hydrogen (secondary N) is 2. The zero-order valence-electron chi connectivity index (χ0n) is 19.6. The highest BCUT2D eigenvalue weighted by atomic mass is 16.5. The minimum absolute atomic E-state index is 0.159. The third-order valence-corrected chi connectivity index (χ3v) is 7.59. The first-order chi connectivity index (χ1) is 16.5. The average molecular weight is 462 g/mol. The Morgan fingerprint density at radius 1 is 0.971 bits per heavy atom. The van der Waals surface area contributed by atoms with Gasteiger partial charge in [0.25, 0.3) is 0 Å². The first-order valence-corrected chi connectivity index (χ1v) is 12.2. The van der Waals surface area contributed by atoms with Crippen LogP contribution in [0.3, 0.4) is 0 Å². The van der Waals surface area contributed by atoms with E-state index < -0.39 is 11.8 Å². The molecule has 1 fully saturated rings. The number of amides is 3. The van der Waals surface area contributed by atoms with Crippen LogP contribution in [0.15, 0.2) is 36.4 Å². The summed E-state index contributed by atoms with van der Waals surface area (Å²) in [5.41, 5.74) is 4.77. The molecule has 1 aliphatic carbocycles. The zero-order chi connectivity index (χ0) is 23.7. The number of nitrogens with zero attached hydrogens (tertiary/aromatic N) is 1. The van der Waals surface area contributed by atoms with Crippen molar-refractivity contribution in [2.24, 2.45) is 0 Å². The van der Waals surface area contributed by atoms with Gasteiger partial charge in [0, 0.05) is 30.6 Å². The fraction of sp³-hybridized carbons (Fsp3) is 0.444. The molecule has 0 atom stereocenters. The van der Waals surface area contributed by atoms with E-state index in [0.29, 0.717) is 25.1 Å². The van der Waals surface area contributed by atoms with E-state index in [1.54, 1.807) is 7.11 Å². The molecule has 2 aromatic rings. The van der Waals surface area contributed by atoms with E-state index in [1.807, 2.05) is 29.2 Å². The lowest BCUT2D eigenvalue weighted by atomic mass is 9.78. The van der Waals surface area contributed by atoms with E-state index in [2.05, 4.69) is 22.8 Å². The van der Waals surface area contributed by atoms with Crippen molar-refractivity contribution in [3.8, 4) is 5.75 Å². The Balaban J connectivity index is 1.27. The fourth-order valence-corrected chi connectivity index (χ4v) is 5.81. The number of benzene rings is 2. The minimum Gasteiger partial charge on any atom is -0.497 e. The zero-order valence-corrected chi connectivity index (χ0v) is 19.6. The maximum atomic E-state index is 12.7. The third kappa shape index (κ3) is 4.15. The Labute approximate surface area is 199 Å². The van der Waals surface area contributed by atoms with Crippen LogP contribution in [-0.4, -0.2) is 37.9 Å². The van der Waals surface area contributed by atoms with E-state index in [0.717, 1.165) is 67.6 Å². The van der Waals surface area contributed by atoms with E-state index in [9.17, 15) is 14.4 Å². The number of hydrogen-bond donors (Lipinski definition) is 2. The summed E-state index contributed by atoms with van der Waals surface area (Å²) in [5, 5.41) is 5.68. The summed E-state index contributed by atoms with van der Waals surface area (Å²) in [6, 6.07) is 11.8. The summed E-state index contributed by atoms with van der Waals surface area (Å²) in [5.74, 6) is -0.309. The number of methoxy groups -OCH3 is 1. The van der Waals surface area contributed by atoms with Crippen LogP contribution in [0, 0.1) is 0 Å². The maximum absolute atomic E-state index is 12.7. The van der Waals surface area contributed by atoms with Crippen LogP contribution in [-0.2, 0) is 32.6 Å². The number of carbonyl (C=O) groups excluding carboxylic acids is 3. The van der Waals surface area contributed by atoms with Crippen molar-refractivity contribution < 1.29 is 19.1 Å². The topological polar surface area (TPSA) is 87.7 Å². The van der Waals surface area contributed by atoms with Crippen LogP contribution >= 0.6 is 0 Å². The Bertz CT molecular complexity index is 1100. The number of rotatable bonds is 5. The number of carbonyl (C=O) groups is 3. The van der Waals surface area contributed by atoms with Gasteiger partial charge in [-0.05, 0) is 73.1 Å². The van der Waals surface area contributed by atoms with Crippen LogP contribution < -0.4 is 20.3 Å². The Morgan fingerprint density at radius 3 is 2.38 bits per heavy atom. The molecule has 2 heterocycles. The molecule has 0 aromatic heterocycles. The molecule has 2 N–H and O–H groups in total. The molecule has 5 rings (SSSR count). The number of ether oxygens (including phenoxy) is 1. The molecule has 3 amide bonds. The summed E-state index contributed by atoms with van der Waals surface area (Å²) < 4.78 is 5.27. The van der Waals surface area contributed by atoms with Gasteiger partial charge in [0.15, 0.2) is 0 Å². The lowest BCUT2D eigenvalue weighted by Gasteiger charge is -2.35. The van der Waals surface area contributed by atoms with Gasteiger partial charge in [-0.2, -0.15) is 0 Å². The number of aryl methyl sites for hydroxylation is 2. The van der Waals surface area contributed by atoms with E-state index in [1.165, 1.54) is 5.56 Å². The van der Waals surface area contributed by atoms with Gasteiger partial charge >= 0.3 is 11.8 Å². The minimum atomic E-state index is -0.658. The van der Waals surface area contributed by atoms with E-state index in [4.69, 9.17) is 4.74 Å². The predicted molar refractivity (Wildman–Crippen MR) is 130 cm³/mol. The van der Waals surface area contributed by atoms with Crippen LogP contribution in [0.25, 0.3) is 0 Å². The second-order valence-electron chi connectivity index (χ2n) is 9.64. The summed E-state index contributed by atoms with van der Waals surface area (Å²) in [4.78, 5) is 39.6. The second-order valence-corrected chi connectivity index (χ2v) is 9.64. The van der Waals surface area contributed by atoms with Crippen molar-refractivity contribution in [3.05, 3.63) is 53.1 Å². The summed E-state index contributed by atoms with van der Waals surface area (Å²) >= 11 is 0. The predicted octanol–water partition coefficient (Wildman–Crippen LogP) is 3.49. The van der Waals surface area contributed by atoms with Gasteiger partial charge in [-0.1, -0.05) is 25.0 Å². The summed E-state index contributed by atoms with van der Waals surface area (Å²) in [7, 11) is 1.65. The molecule has 1 saturated carbocycles. The molecule has 2 aromatic carbocycles. The molecule has 0 saturated heterocycles. The lowest BCUT2D eigenvalue weighted by Crippen LogP contribution is -2.43. The monoisotopic (exact) mass is 461 g/mol. The largest absolute Gasteiger partial charge is 0.497 e.